The summed E-state index contributed by atoms with van der Waals surface area (Å²) in [6.07, 6.45) is 2.43. The Morgan fingerprint density at radius 2 is 2.10 bits per heavy atom. The van der Waals surface area contributed by atoms with E-state index in [2.05, 4.69) is 10.6 Å². The second kappa shape index (κ2) is 6.94. The summed E-state index contributed by atoms with van der Waals surface area (Å²) in [6, 6.07) is 3.21. The number of aromatic carboxylic acids is 1. The molecule has 0 unspecified atom stereocenters. The van der Waals surface area contributed by atoms with E-state index in [9.17, 15) is 14.7 Å². The average Bonchev–Trinajstić information content (AvgIpc) is 3.24. The molecule has 0 aromatic heterocycles. The number of carboxylic acid groups (broad SMARTS) is 1. The second-order valence-electron chi connectivity index (χ2n) is 4.93. The summed E-state index contributed by atoms with van der Waals surface area (Å²) in [5.41, 5.74) is -0.0492. The fourth-order valence-electron chi connectivity index (χ4n) is 1.76. The molecule has 7 nitrogen and oxygen atoms in total. The molecular formula is C14H18N2O5. The normalized spacial score (nSPS) is 13.7. The third-order valence-electron chi connectivity index (χ3n) is 3.06. The molecule has 114 valence electrons. The van der Waals surface area contributed by atoms with Crippen molar-refractivity contribution in [3.8, 4) is 5.75 Å². The Kier molecular flexibility index (Phi) is 4.99. The molecule has 0 radical (unpaired) electrons. The van der Waals surface area contributed by atoms with Gasteiger partial charge in [0.05, 0.1) is 17.9 Å². The largest absolute Gasteiger partial charge is 0.508 e. The lowest BCUT2D eigenvalue weighted by molar-refractivity contribution is 0.0697. The summed E-state index contributed by atoms with van der Waals surface area (Å²) in [6.45, 7) is 1.49. The molecule has 0 atom stereocenters. The molecule has 2 amide bonds. The van der Waals surface area contributed by atoms with Crippen molar-refractivity contribution in [1.29, 1.82) is 0 Å². The van der Waals surface area contributed by atoms with Gasteiger partial charge in [0, 0.05) is 13.2 Å². The molecule has 0 bridgehead atoms. The van der Waals surface area contributed by atoms with Crippen molar-refractivity contribution in [2.24, 2.45) is 5.92 Å². The highest BCUT2D eigenvalue weighted by Gasteiger charge is 2.20. The van der Waals surface area contributed by atoms with Crippen LogP contribution >= 0.6 is 0 Å². The predicted molar refractivity (Wildman–Crippen MR) is 75.6 cm³/mol. The van der Waals surface area contributed by atoms with Crippen LogP contribution in [0.15, 0.2) is 18.2 Å². The van der Waals surface area contributed by atoms with Crippen LogP contribution in [-0.4, -0.2) is 42.0 Å². The second-order valence-corrected chi connectivity index (χ2v) is 4.93. The number of hydrogen-bond donors (Lipinski definition) is 4. The zero-order valence-corrected chi connectivity index (χ0v) is 11.5. The molecule has 1 aliphatic rings. The predicted octanol–water partition coefficient (Wildman–Crippen LogP) is 1.64. The van der Waals surface area contributed by atoms with Gasteiger partial charge in [0.1, 0.15) is 5.75 Å². The molecule has 1 aliphatic carbocycles. The average molecular weight is 294 g/mol. The number of carbonyl (C=O) groups is 2. The minimum absolute atomic E-state index is 0.122. The maximum absolute atomic E-state index is 11.6. The molecule has 1 aromatic rings. The SMILES string of the molecule is O=C(NCCOCC1CC1)Nc1ccc(O)cc1C(=O)O. The number of phenols is 1. The van der Waals surface area contributed by atoms with Crippen LogP contribution in [0, 0.1) is 5.92 Å². The van der Waals surface area contributed by atoms with Crippen molar-refractivity contribution < 1.29 is 24.5 Å². The molecule has 0 heterocycles. The number of phenolic OH excluding ortho intramolecular Hbond substituents is 1. The summed E-state index contributed by atoms with van der Waals surface area (Å²) in [5.74, 6) is -0.727. The number of anilines is 1. The summed E-state index contributed by atoms with van der Waals surface area (Å²) >= 11 is 0. The fourth-order valence-corrected chi connectivity index (χ4v) is 1.76. The Morgan fingerprint density at radius 1 is 1.33 bits per heavy atom. The Balaban J connectivity index is 1.77. The minimum atomic E-state index is -1.23. The van der Waals surface area contributed by atoms with Gasteiger partial charge >= 0.3 is 12.0 Å². The monoisotopic (exact) mass is 294 g/mol. The molecule has 0 spiro atoms. The van der Waals surface area contributed by atoms with Crippen molar-refractivity contribution in [1.82, 2.24) is 5.32 Å². The van der Waals surface area contributed by atoms with Gasteiger partial charge in [-0.05, 0) is 37.0 Å². The molecule has 21 heavy (non-hydrogen) atoms. The van der Waals surface area contributed by atoms with Crippen LogP contribution in [0.3, 0.4) is 0 Å². The van der Waals surface area contributed by atoms with Crippen LogP contribution < -0.4 is 10.6 Å². The van der Waals surface area contributed by atoms with Crippen LogP contribution in [0.5, 0.6) is 5.75 Å². The van der Waals surface area contributed by atoms with Crippen LogP contribution in [0.2, 0.25) is 0 Å². The number of ether oxygens (including phenoxy) is 1. The molecular weight excluding hydrogens is 276 g/mol. The summed E-state index contributed by atoms with van der Waals surface area (Å²) in [7, 11) is 0. The lowest BCUT2D eigenvalue weighted by atomic mass is 10.1. The zero-order chi connectivity index (χ0) is 15.2. The first-order valence-electron chi connectivity index (χ1n) is 6.75. The highest BCUT2D eigenvalue weighted by atomic mass is 16.5. The Hall–Kier alpha value is -2.28. The molecule has 4 N–H and O–H groups in total. The maximum atomic E-state index is 11.6. The number of carboxylic acids is 1. The van der Waals surface area contributed by atoms with E-state index in [1.807, 2.05) is 0 Å². The lowest BCUT2D eigenvalue weighted by Gasteiger charge is -2.10. The van der Waals surface area contributed by atoms with Crippen molar-refractivity contribution in [3.63, 3.8) is 0 Å². The van der Waals surface area contributed by atoms with Crippen LogP contribution in [0.4, 0.5) is 10.5 Å². The number of benzene rings is 1. The molecule has 7 heteroatoms. The molecule has 0 aliphatic heterocycles. The standard InChI is InChI=1S/C14H18N2O5/c17-10-3-4-12(11(7-10)13(18)19)16-14(20)15-5-6-21-8-9-1-2-9/h3-4,7,9,17H,1-2,5-6,8H2,(H,18,19)(H2,15,16,20). The van der Waals surface area contributed by atoms with Gasteiger partial charge in [-0.15, -0.1) is 0 Å². The van der Waals surface area contributed by atoms with Crippen LogP contribution in [0.25, 0.3) is 0 Å². The molecule has 1 aromatic carbocycles. The summed E-state index contributed by atoms with van der Waals surface area (Å²) in [5, 5.41) is 23.3. The van der Waals surface area contributed by atoms with Crippen molar-refractivity contribution in [2.75, 3.05) is 25.1 Å². The smallest absolute Gasteiger partial charge is 0.337 e. The van der Waals surface area contributed by atoms with Gasteiger partial charge in [-0.25, -0.2) is 9.59 Å². The van der Waals surface area contributed by atoms with Gasteiger partial charge in [0.25, 0.3) is 0 Å². The third-order valence-corrected chi connectivity index (χ3v) is 3.06. The van der Waals surface area contributed by atoms with Gasteiger partial charge in [-0.2, -0.15) is 0 Å². The maximum Gasteiger partial charge on any atom is 0.337 e. The van der Waals surface area contributed by atoms with Gasteiger partial charge in [0.2, 0.25) is 0 Å². The van der Waals surface area contributed by atoms with E-state index in [0.29, 0.717) is 19.1 Å². The van der Waals surface area contributed by atoms with E-state index in [1.165, 1.54) is 25.0 Å². The Bertz CT molecular complexity index is 528. The third kappa shape index (κ3) is 4.96. The van der Waals surface area contributed by atoms with Crippen LogP contribution in [-0.2, 0) is 4.74 Å². The number of aromatic hydroxyl groups is 1. The van der Waals surface area contributed by atoms with Gasteiger partial charge in [-0.1, -0.05) is 0 Å². The van der Waals surface area contributed by atoms with Crippen molar-refractivity contribution in [3.05, 3.63) is 23.8 Å². The Morgan fingerprint density at radius 3 is 2.76 bits per heavy atom. The van der Waals surface area contributed by atoms with Crippen molar-refractivity contribution >= 4 is 17.7 Å². The first-order valence-corrected chi connectivity index (χ1v) is 6.75. The molecule has 2 rings (SSSR count). The van der Waals surface area contributed by atoms with Crippen LogP contribution in [0.1, 0.15) is 23.2 Å². The highest BCUT2D eigenvalue weighted by Crippen LogP contribution is 2.28. The molecule has 1 saturated carbocycles. The van der Waals surface area contributed by atoms with Gasteiger partial charge in [0.15, 0.2) is 0 Å². The van der Waals surface area contributed by atoms with E-state index in [-0.39, 0.29) is 17.0 Å². The number of hydrogen-bond acceptors (Lipinski definition) is 4. The summed E-state index contributed by atoms with van der Waals surface area (Å²) in [4.78, 5) is 22.7. The highest BCUT2D eigenvalue weighted by molar-refractivity contribution is 6.00. The number of carbonyl (C=O) groups excluding carboxylic acids is 1. The summed E-state index contributed by atoms with van der Waals surface area (Å²) < 4.78 is 5.37. The van der Waals surface area contributed by atoms with Gasteiger partial charge in [-0.3, -0.25) is 0 Å². The van der Waals surface area contributed by atoms with E-state index in [4.69, 9.17) is 9.84 Å². The number of rotatable bonds is 7. The van der Waals surface area contributed by atoms with E-state index in [0.717, 1.165) is 12.7 Å². The molecule has 1 fully saturated rings. The van der Waals surface area contributed by atoms with Crippen molar-refractivity contribution in [2.45, 2.75) is 12.8 Å². The van der Waals surface area contributed by atoms with E-state index >= 15 is 0 Å². The Labute approximate surface area is 121 Å². The molecule has 0 saturated heterocycles. The zero-order valence-electron chi connectivity index (χ0n) is 11.5. The number of nitrogens with one attached hydrogen (secondary N) is 2. The lowest BCUT2D eigenvalue weighted by Crippen LogP contribution is -2.32. The minimum Gasteiger partial charge on any atom is -0.508 e. The fraction of sp³-hybridized carbons (Fsp3) is 0.429. The first-order chi connectivity index (χ1) is 10.1. The van der Waals surface area contributed by atoms with Gasteiger partial charge < -0.3 is 25.6 Å². The van der Waals surface area contributed by atoms with E-state index in [1.54, 1.807) is 0 Å². The number of amides is 2. The van der Waals surface area contributed by atoms with E-state index < -0.39 is 12.0 Å². The number of urea groups is 1. The topological polar surface area (TPSA) is 108 Å². The first kappa shape index (κ1) is 15.1. The quantitative estimate of drug-likeness (QED) is 0.451.